The molecule has 4 rings (SSSR count). The number of esters is 1. The zero-order valence-corrected chi connectivity index (χ0v) is 18.0. The quantitative estimate of drug-likeness (QED) is 0.263. The first-order valence-electron chi connectivity index (χ1n) is 9.60. The average molecular weight is 433 g/mol. The minimum Gasteiger partial charge on any atom is -1.00 e. The Morgan fingerprint density at radius 2 is 0.900 bits per heavy atom. The summed E-state index contributed by atoms with van der Waals surface area (Å²) < 4.78 is 5.72. The van der Waals surface area contributed by atoms with Gasteiger partial charge in [0.2, 0.25) is 0 Å². The Balaban J connectivity index is 0.00000256. The van der Waals surface area contributed by atoms with Crippen molar-refractivity contribution in [3.05, 3.63) is 121 Å². The molecule has 0 heterocycles. The standard InChI is InChI=1S/C26H22O2P.ClH/c27-26(28-22-13-5-1-6-14-22)21-29(23-15-7-2-8-16-23,24-17-9-3-10-18-24)25-19-11-4-12-20-25;/h1-20H,21H2;1H/q+1;/p-1. The lowest BCUT2D eigenvalue weighted by Gasteiger charge is -2.26. The van der Waals surface area contributed by atoms with Crippen LogP contribution >= 0.6 is 7.26 Å². The van der Waals surface area contributed by atoms with Gasteiger partial charge >= 0.3 is 5.97 Å². The van der Waals surface area contributed by atoms with Crippen molar-refractivity contribution in [1.82, 2.24) is 0 Å². The summed E-state index contributed by atoms with van der Waals surface area (Å²) in [6.45, 7) is 0. The SMILES string of the molecule is O=C(C[P+](c1ccccc1)(c1ccccc1)c1ccccc1)Oc1ccccc1.[Cl-]. The smallest absolute Gasteiger partial charge is 0.350 e. The van der Waals surface area contributed by atoms with E-state index in [1.807, 2.05) is 84.9 Å². The number of hydrogen-bond acceptors (Lipinski definition) is 2. The molecule has 0 unspecified atom stereocenters. The van der Waals surface area contributed by atoms with Crippen molar-refractivity contribution in [2.24, 2.45) is 0 Å². The molecule has 0 radical (unpaired) electrons. The topological polar surface area (TPSA) is 26.3 Å². The number of carbonyl (C=O) groups is 1. The molecule has 0 N–H and O–H groups in total. The minimum absolute atomic E-state index is 0. The summed E-state index contributed by atoms with van der Waals surface area (Å²) in [5.74, 6) is 0.353. The molecule has 0 bridgehead atoms. The molecule has 0 fully saturated rings. The van der Waals surface area contributed by atoms with Crippen molar-refractivity contribution in [3.8, 4) is 5.75 Å². The molecule has 0 saturated carbocycles. The number of rotatable bonds is 6. The van der Waals surface area contributed by atoms with E-state index in [-0.39, 0.29) is 18.4 Å². The van der Waals surface area contributed by atoms with E-state index in [0.717, 1.165) is 0 Å². The Labute approximate surface area is 184 Å². The van der Waals surface area contributed by atoms with E-state index >= 15 is 0 Å². The lowest BCUT2D eigenvalue weighted by molar-refractivity contribution is -0.131. The summed E-state index contributed by atoms with van der Waals surface area (Å²) in [5.41, 5.74) is 0. The molecular formula is C26H22ClO2P. The molecule has 0 aliphatic heterocycles. The largest absolute Gasteiger partial charge is 1.00 e. The van der Waals surface area contributed by atoms with Crippen LogP contribution in [0.2, 0.25) is 0 Å². The fraction of sp³-hybridized carbons (Fsp3) is 0.0385. The third-order valence-electron chi connectivity index (χ3n) is 4.93. The van der Waals surface area contributed by atoms with Crippen molar-refractivity contribution in [2.45, 2.75) is 0 Å². The van der Waals surface area contributed by atoms with Crippen molar-refractivity contribution in [2.75, 3.05) is 6.16 Å². The highest BCUT2D eigenvalue weighted by atomic mass is 35.5. The number of benzene rings is 4. The highest BCUT2D eigenvalue weighted by Crippen LogP contribution is 2.55. The molecule has 4 aromatic carbocycles. The van der Waals surface area contributed by atoms with Gasteiger partial charge in [-0.05, 0) is 48.5 Å². The number of hydrogen-bond donors (Lipinski definition) is 0. The molecule has 2 nitrogen and oxygen atoms in total. The summed E-state index contributed by atoms with van der Waals surface area (Å²) in [5, 5.41) is 3.51. The normalized spacial score (nSPS) is 10.7. The molecule has 0 saturated heterocycles. The molecule has 0 aliphatic carbocycles. The predicted octanol–water partition coefficient (Wildman–Crippen LogP) is 1.59. The van der Waals surface area contributed by atoms with Gasteiger partial charge in [0.25, 0.3) is 0 Å². The van der Waals surface area contributed by atoms with Gasteiger partial charge in [-0.2, -0.15) is 0 Å². The lowest BCUT2D eigenvalue weighted by Crippen LogP contribution is -3.00. The van der Waals surface area contributed by atoms with E-state index in [1.54, 1.807) is 0 Å². The summed E-state index contributed by atoms with van der Waals surface area (Å²) in [4.78, 5) is 13.2. The van der Waals surface area contributed by atoms with E-state index in [4.69, 9.17) is 4.74 Å². The average Bonchev–Trinajstić information content (AvgIpc) is 2.80. The first kappa shape index (κ1) is 21.8. The fourth-order valence-electron chi connectivity index (χ4n) is 3.61. The van der Waals surface area contributed by atoms with Crippen LogP contribution in [0.3, 0.4) is 0 Å². The van der Waals surface area contributed by atoms with Crippen LogP contribution in [0.25, 0.3) is 0 Å². The molecule has 4 aromatic rings. The molecule has 0 atom stereocenters. The van der Waals surface area contributed by atoms with Gasteiger partial charge in [-0.1, -0.05) is 72.8 Å². The van der Waals surface area contributed by atoms with Crippen molar-refractivity contribution >= 4 is 29.1 Å². The van der Waals surface area contributed by atoms with Crippen LogP contribution < -0.4 is 33.1 Å². The van der Waals surface area contributed by atoms with Crippen LogP contribution in [-0.4, -0.2) is 12.1 Å². The Kier molecular flexibility index (Phi) is 7.41. The van der Waals surface area contributed by atoms with E-state index in [9.17, 15) is 4.79 Å². The fourth-order valence-corrected chi connectivity index (χ4v) is 7.55. The molecule has 150 valence electrons. The van der Waals surface area contributed by atoms with Gasteiger partial charge in [0.15, 0.2) is 6.16 Å². The predicted molar refractivity (Wildman–Crippen MR) is 122 cm³/mol. The van der Waals surface area contributed by atoms with Crippen LogP contribution in [0, 0.1) is 0 Å². The molecule has 0 spiro atoms. The van der Waals surface area contributed by atoms with Crippen molar-refractivity contribution < 1.29 is 21.9 Å². The van der Waals surface area contributed by atoms with Crippen LogP contribution in [0.4, 0.5) is 0 Å². The maximum atomic E-state index is 13.2. The summed E-state index contributed by atoms with van der Waals surface area (Å²) >= 11 is 0. The van der Waals surface area contributed by atoms with Crippen LogP contribution in [-0.2, 0) is 4.79 Å². The van der Waals surface area contributed by atoms with E-state index in [1.165, 1.54) is 15.9 Å². The van der Waals surface area contributed by atoms with Crippen molar-refractivity contribution in [3.63, 3.8) is 0 Å². The Hall–Kier alpha value is -2.93. The first-order chi connectivity index (χ1) is 14.3. The monoisotopic (exact) mass is 432 g/mol. The van der Waals surface area contributed by atoms with Gasteiger partial charge in [-0.25, -0.2) is 4.79 Å². The van der Waals surface area contributed by atoms with Gasteiger partial charge in [-0.3, -0.25) is 0 Å². The molecule has 30 heavy (non-hydrogen) atoms. The Morgan fingerprint density at radius 3 is 1.27 bits per heavy atom. The zero-order valence-electron chi connectivity index (χ0n) is 16.4. The summed E-state index contributed by atoms with van der Waals surface area (Å²) in [6, 6.07) is 40.3. The number of ether oxygens (including phenoxy) is 1. The second kappa shape index (κ2) is 10.2. The second-order valence-electron chi connectivity index (χ2n) is 6.76. The van der Waals surface area contributed by atoms with Gasteiger partial charge in [0.05, 0.1) is 0 Å². The maximum absolute atomic E-state index is 13.2. The number of carbonyl (C=O) groups excluding carboxylic acids is 1. The van der Waals surface area contributed by atoms with Gasteiger partial charge in [-0.15, -0.1) is 0 Å². The van der Waals surface area contributed by atoms with E-state index < -0.39 is 7.26 Å². The van der Waals surface area contributed by atoms with Gasteiger partial charge in [0.1, 0.15) is 28.9 Å². The summed E-state index contributed by atoms with van der Waals surface area (Å²) in [7, 11) is -2.22. The minimum atomic E-state index is -2.22. The third-order valence-corrected chi connectivity index (χ3v) is 9.20. The van der Waals surface area contributed by atoms with Gasteiger partial charge in [0, 0.05) is 0 Å². The molecule has 0 amide bonds. The van der Waals surface area contributed by atoms with E-state index in [0.29, 0.717) is 11.9 Å². The Morgan fingerprint density at radius 1 is 0.567 bits per heavy atom. The summed E-state index contributed by atoms with van der Waals surface area (Å²) in [6.07, 6.45) is 0.305. The van der Waals surface area contributed by atoms with Crippen LogP contribution in [0.1, 0.15) is 0 Å². The number of halogens is 1. The van der Waals surface area contributed by atoms with Crippen molar-refractivity contribution in [1.29, 1.82) is 0 Å². The molecule has 0 aromatic heterocycles. The zero-order chi connectivity index (χ0) is 19.9. The third kappa shape index (κ3) is 4.62. The highest BCUT2D eigenvalue weighted by molar-refractivity contribution is 7.96. The maximum Gasteiger partial charge on any atom is 0.350 e. The highest BCUT2D eigenvalue weighted by Gasteiger charge is 2.47. The molecule has 0 aliphatic rings. The van der Waals surface area contributed by atoms with Gasteiger partial charge < -0.3 is 17.1 Å². The van der Waals surface area contributed by atoms with E-state index in [2.05, 4.69) is 36.4 Å². The lowest BCUT2D eigenvalue weighted by atomic mass is 10.3. The number of para-hydroxylation sites is 1. The first-order valence-corrected chi connectivity index (χ1v) is 11.6. The molecular weight excluding hydrogens is 411 g/mol. The van der Waals surface area contributed by atoms with Crippen LogP contribution in [0.15, 0.2) is 121 Å². The van der Waals surface area contributed by atoms with Crippen LogP contribution in [0.5, 0.6) is 5.75 Å². The Bertz CT molecular complexity index is 959. The molecule has 4 heteroatoms. The second-order valence-corrected chi connectivity index (χ2v) is 10.2.